The Balaban J connectivity index is 1.68. The standard InChI is InChI=1S/C19H16F4N4OS/c20-12-6-4-5-8-14(12)27-16(19(21,22)23)11(10-24-27)17(28)26-18-25-13-7-2-1-3-9-15(13)29-18/h4-6,8,10H,1-3,7,9H2,(H,25,26,28). The number of aromatic nitrogens is 3. The zero-order valence-corrected chi connectivity index (χ0v) is 15.9. The molecule has 1 aliphatic carbocycles. The van der Waals surface area contributed by atoms with Gasteiger partial charge in [-0.1, -0.05) is 18.6 Å². The predicted molar refractivity (Wildman–Crippen MR) is 99.9 cm³/mol. The Kier molecular flexibility index (Phi) is 5.12. The van der Waals surface area contributed by atoms with Gasteiger partial charge in [0, 0.05) is 4.88 Å². The molecule has 0 radical (unpaired) electrons. The normalized spacial score (nSPS) is 14.3. The van der Waals surface area contributed by atoms with Crippen molar-refractivity contribution in [1.29, 1.82) is 0 Å². The van der Waals surface area contributed by atoms with E-state index in [1.165, 1.54) is 23.5 Å². The number of nitrogens with one attached hydrogen (secondary N) is 1. The summed E-state index contributed by atoms with van der Waals surface area (Å²) < 4.78 is 55.6. The van der Waals surface area contributed by atoms with Crippen LogP contribution in [0.5, 0.6) is 0 Å². The van der Waals surface area contributed by atoms with Crippen LogP contribution in [-0.4, -0.2) is 20.7 Å². The molecule has 5 nitrogen and oxygen atoms in total. The maximum absolute atomic E-state index is 14.0. The van der Waals surface area contributed by atoms with E-state index in [0.29, 0.717) is 4.68 Å². The van der Waals surface area contributed by atoms with E-state index in [2.05, 4.69) is 15.4 Å². The molecule has 0 saturated heterocycles. The van der Waals surface area contributed by atoms with E-state index in [4.69, 9.17) is 0 Å². The molecule has 2 heterocycles. The maximum atomic E-state index is 14.0. The fourth-order valence-electron chi connectivity index (χ4n) is 3.34. The van der Waals surface area contributed by atoms with E-state index in [-0.39, 0.29) is 10.8 Å². The predicted octanol–water partition coefficient (Wildman–Crippen LogP) is 5.01. The van der Waals surface area contributed by atoms with Gasteiger partial charge < -0.3 is 0 Å². The number of carbonyl (C=O) groups is 1. The third-order valence-electron chi connectivity index (χ3n) is 4.68. The molecule has 1 amide bonds. The number of hydrogen-bond donors (Lipinski definition) is 1. The topological polar surface area (TPSA) is 59.8 Å². The molecular formula is C19H16F4N4OS. The second kappa shape index (κ2) is 7.58. The molecule has 152 valence electrons. The van der Waals surface area contributed by atoms with Crippen molar-refractivity contribution in [3.63, 3.8) is 0 Å². The van der Waals surface area contributed by atoms with Crippen LogP contribution < -0.4 is 5.32 Å². The molecule has 0 saturated carbocycles. The summed E-state index contributed by atoms with van der Waals surface area (Å²) in [5, 5.41) is 6.34. The van der Waals surface area contributed by atoms with Gasteiger partial charge in [0.15, 0.2) is 10.8 Å². The molecule has 0 unspecified atom stereocenters. The number of nitrogens with zero attached hydrogens (tertiary/aromatic N) is 3. The van der Waals surface area contributed by atoms with Crippen molar-refractivity contribution in [3.05, 3.63) is 58.1 Å². The number of thiazole rings is 1. The lowest BCUT2D eigenvalue weighted by Crippen LogP contribution is -2.21. The van der Waals surface area contributed by atoms with Gasteiger partial charge in [0.1, 0.15) is 11.5 Å². The number of halogens is 4. The van der Waals surface area contributed by atoms with Gasteiger partial charge in [-0.2, -0.15) is 18.3 Å². The SMILES string of the molecule is O=C(Nc1nc2c(s1)CCCCC2)c1cnn(-c2ccccc2F)c1C(F)(F)F. The highest BCUT2D eigenvalue weighted by molar-refractivity contribution is 7.15. The smallest absolute Gasteiger partial charge is 0.298 e. The quantitative estimate of drug-likeness (QED) is 0.475. The molecule has 0 atom stereocenters. The summed E-state index contributed by atoms with van der Waals surface area (Å²) in [5.74, 6) is -1.86. The minimum atomic E-state index is -4.91. The van der Waals surface area contributed by atoms with Crippen LogP contribution in [0.4, 0.5) is 22.7 Å². The number of fused-ring (bicyclic) bond motifs is 1. The van der Waals surface area contributed by atoms with Crippen LogP contribution in [0.1, 0.15) is 45.9 Å². The molecule has 1 aliphatic rings. The van der Waals surface area contributed by atoms with Gasteiger partial charge in [-0.15, -0.1) is 11.3 Å². The van der Waals surface area contributed by atoms with E-state index in [0.717, 1.165) is 61.0 Å². The summed E-state index contributed by atoms with van der Waals surface area (Å²) in [6, 6.07) is 4.94. The molecule has 10 heteroatoms. The van der Waals surface area contributed by atoms with Crippen molar-refractivity contribution in [2.45, 2.75) is 38.3 Å². The number of hydrogen-bond acceptors (Lipinski definition) is 4. The number of anilines is 1. The number of para-hydroxylation sites is 1. The molecular weight excluding hydrogens is 408 g/mol. The fraction of sp³-hybridized carbons (Fsp3) is 0.316. The average molecular weight is 424 g/mol. The van der Waals surface area contributed by atoms with E-state index in [1.807, 2.05) is 0 Å². The van der Waals surface area contributed by atoms with Gasteiger partial charge in [0.05, 0.1) is 17.5 Å². The fourth-order valence-corrected chi connectivity index (χ4v) is 4.39. The van der Waals surface area contributed by atoms with Crippen molar-refractivity contribution in [2.75, 3.05) is 5.32 Å². The summed E-state index contributed by atoms with van der Waals surface area (Å²) >= 11 is 1.28. The van der Waals surface area contributed by atoms with E-state index in [9.17, 15) is 22.4 Å². The molecule has 0 fully saturated rings. The number of rotatable bonds is 3. The Labute approximate surface area is 167 Å². The van der Waals surface area contributed by atoms with Crippen molar-refractivity contribution in [2.24, 2.45) is 0 Å². The zero-order valence-electron chi connectivity index (χ0n) is 15.1. The summed E-state index contributed by atoms with van der Waals surface area (Å²) in [4.78, 5) is 18.0. The Bertz CT molecular complexity index is 1030. The zero-order chi connectivity index (χ0) is 20.6. The van der Waals surface area contributed by atoms with Crippen LogP contribution in [0, 0.1) is 5.82 Å². The lowest BCUT2D eigenvalue weighted by molar-refractivity contribution is -0.143. The maximum Gasteiger partial charge on any atom is 0.434 e. The van der Waals surface area contributed by atoms with E-state index < -0.39 is 29.2 Å². The monoisotopic (exact) mass is 424 g/mol. The molecule has 0 spiro atoms. The third kappa shape index (κ3) is 3.89. The van der Waals surface area contributed by atoms with Crippen LogP contribution in [0.15, 0.2) is 30.5 Å². The van der Waals surface area contributed by atoms with Gasteiger partial charge in [0.25, 0.3) is 5.91 Å². The minimum Gasteiger partial charge on any atom is -0.298 e. The highest BCUT2D eigenvalue weighted by Crippen LogP contribution is 2.35. The number of aryl methyl sites for hydroxylation is 2. The Morgan fingerprint density at radius 1 is 1.14 bits per heavy atom. The highest BCUT2D eigenvalue weighted by atomic mass is 32.1. The van der Waals surface area contributed by atoms with E-state index >= 15 is 0 Å². The van der Waals surface area contributed by atoms with Gasteiger partial charge in [0.2, 0.25) is 0 Å². The van der Waals surface area contributed by atoms with Crippen LogP contribution in [0.25, 0.3) is 5.69 Å². The third-order valence-corrected chi connectivity index (χ3v) is 5.75. The van der Waals surface area contributed by atoms with Crippen LogP contribution >= 0.6 is 11.3 Å². The van der Waals surface area contributed by atoms with Gasteiger partial charge in [-0.3, -0.25) is 10.1 Å². The molecule has 1 aromatic carbocycles. The van der Waals surface area contributed by atoms with Gasteiger partial charge >= 0.3 is 6.18 Å². The second-order valence-electron chi connectivity index (χ2n) is 6.67. The number of carbonyl (C=O) groups excluding carboxylic acids is 1. The first kappa shape index (κ1) is 19.6. The Hall–Kier alpha value is -2.75. The summed E-state index contributed by atoms with van der Waals surface area (Å²) in [5.41, 5.74) is -1.52. The molecule has 0 bridgehead atoms. The summed E-state index contributed by atoms with van der Waals surface area (Å²) in [7, 11) is 0. The lowest BCUT2D eigenvalue weighted by atomic mass is 10.2. The first-order valence-electron chi connectivity index (χ1n) is 9.04. The minimum absolute atomic E-state index is 0.258. The molecule has 1 N–H and O–H groups in total. The van der Waals surface area contributed by atoms with Crippen molar-refractivity contribution >= 4 is 22.4 Å². The highest BCUT2D eigenvalue weighted by Gasteiger charge is 2.41. The summed E-state index contributed by atoms with van der Waals surface area (Å²) in [6.45, 7) is 0. The van der Waals surface area contributed by atoms with Crippen molar-refractivity contribution < 1.29 is 22.4 Å². The largest absolute Gasteiger partial charge is 0.434 e. The Morgan fingerprint density at radius 2 is 1.90 bits per heavy atom. The van der Waals surface area contributed by atoms with Gasteiger partial charge in [-0.25, -0.2) is 14.1 Å². The molecule has 3 aromatic rings. The molecule has 29 heavy (non-hydrogen) atoms. The van der Waals surface area contributed by atoms with Crippen molar-refractivity contribution in [1.82, 2.24) is 14.8 Å². The van der Waals surface area contributed by atoms with Crippen LogP contribution in [0.3, 0.4) is 0 Å². The van der Waals surface area contributed by atoms with Gasteiger partial charge in [-0.05, 0) is 37.8 Å². The molecule has 2 aromatic heterocycles. The van der Waals surface area contributed by atoms with Crippen LogP contribution in [0.2, 0.25) is 0 Å². The Morgan fingerprint density at radius 3 is 2.66 bits per heavy atom. The van der Waals surface area contributed by atoms with Crippen molar-refractivity contribution in [3.8, 4) is 5.69 Å². The average Bonchev–Trinajstić information content (AvgIpc) is 3.21. The first-order chi connectivity index (χ1) is 13.8. The summed E-state index contributed by atoms with van der Waals surface area (Å²) in [6.07, 6.45) is 0.653. The second-order valence-corrected chi connectivity index (χ2v) is 7.76. The van der Waals surface area contributed by atoms with Crippen LogP contribution in [-0.2, 0) is 19.0 Å². The first-order valence-corrected chi connectivity index (χ1v) is 9.86. The number of benzene rings is 1. The number of alkyl halides is 3. The lowest BCUT2D eigenvalue weighted by Gasteiger charge is -2.13. The van der Waals surface area contributed by atoms with E-state index in [1.54, 1.807) is 0 Å². The molecule has 0 aliphatic heterocycles. The number of amides is 1. The molecule has 4 rings (SSSR count).